The average molecular weight is 391 g/mol. The Morgan fingerprint density at radius 3 is 2.70 bits per heavy atom. The van der Waals surface area contributed by atoms with Gasteiger partial charge in [-0.15, -0.1) is 11.8 Å². The zero-order valence-electron chi connectivity index (χ0n) is 12.2. The maximum atomic E-state index is 10.1. The van der Waals surface area contributed by atoms with Crippen molar-refractivity contribution in [1.29, 1.82) is 0 Å². The van der Waals surface area contributed by atoms with Crippen LogP contribution in [0.15, 0.2) is 64.4 Å². The summed E-state index contributed by atoms with van der Waals surface area (Å²) in [5.74, 6) is 1.25. The zero-order valence-corrected chi connectivity index (χ0v) is 14.6. The largest absolute Gasteiger partial charge is 0.491 e. The first-order chi connectivity index (χ1) is 11.2. The van der Waals surface area contributed by atoms with E-state index in [1.54, 1.807) is 6.33 Å². The molecule has 0 fully saturated rings. The van der Waals surface area contributed by atoms with Crippen LogP contribution in [0.1, 0.15) is 0 Å². The minimum absolute atomic E-state index is 0.248. The molecule has 0 aliphatic rings. The van der Waals surface area contributed by atoms with Gasteiger partial charge in [-0.05, 0) is 30.3 Å². The van der Waals surface area contributed by atoms with Gasteiger partial charge in [0.25, 0.3) is 0 Å². The minimum Gasteiger partial charge on any atom is -0.491 e. The van der Waals surface area contributed by atoms with E-state index in [-0.39, 0.29) is 6.61 Å². The molecule has 2 aromatic carbocycles. The van der Waals surface area contributed by atoms with Gasteiger partial charge in [0.15, 0.2) is 0 Å². The molecule has 118 valence electrons. The number of halogens is 1. The highest BCUT2D eigenvalue weighted by molar-refractivity contribution is 9.10. The smallest absolute Gasteiger partial charge is 0.119 e. The second-order valence-corrected chi connectivity index (χ2v) is 6.85. The zero-order chi connectivity index (χ0) is 16.1. The van der Waals surface area contributed by atoms with Crippen LogP contribution in [-0.4, -0.2) is 33.5 Å². The van der Waals surface area contributed by atoms with Crippen LogP contribution in [-0.2, 0) is 0 Å². The molecule has 0 unspecified atom stereocenters. The second kappa shape index (κ2) is 7.77. The first kappa shape index (κ1) is 16.2. The van der Waals surface area contributed by atoms with Gasteiger partial charge in [-0.25, -0.2) is 9.97 Å². The van der Waals surface area contributed by atoms with Gasteiger partial charge < -0.3 is 9.84 Å². The van der Waals surface area contributed by atoms with E-state index in [2.05, 4.69) is 25.9 Å². The quantitative estimate of drug-likeness (QED) is 0.510. The third-order valence-corrected chi connectivity index (χ3v) is 4.85. The molecule has 0 spiro atoms. The monoisotopic (exact) mass is 390 g/mol. The fourth-order valence-corrected chi connectivity index (χ4v) is 3.20. The summed E-state index contributed by atoms with van der Waals surface area (Å²) < 4.78 is 6.58. The van der Waals surface area contributed by atoms with Crippen LogP contribution in [0.5, 0.6) is 5.75 Å². The van der Waals surface area contributed by atoms with Crippen LogP contribution in [0.2, 0.25) is 0 Å². The van der Waals surface area contributed by atoms with E-state index in [4.69, 9.17) is 4.74 Å². The third-order valence-electron chi connectivity index (χ3n) is 3.17. The summed E-state index contributed by atoms with van der Waals surface area (Å²) in [5, 5.41) is 12.0. The Morgan fingerprint density at radius 2 is 1.87 bits per heavy atom. The van der Waals surface area contributed by atoms with Crippen LogP contribution in [0, 0.1) is 0 Å². The molecule has 0 saturated carbocycles. The number of nitrogens with zero attached hydrogens (tertiary/aromatic N) is 2. The molecule has 0 saturated heterocycles. The summed E-state index contributed by atoms with van der Waals surface area (Å²) >= 11 is 4.88. The SMILES string of the molecule is O[C@H](COc1ccc(Br)cc1)CSc1ncnc2ccccc12. The van der Waals surface area contributed by atoms with Crippen molar-refractivity contribution in [2.24, 2.45) is 0 Å². The Balaban J connectivity index is 1.56. The summed E-state index contributed by atoms with van der Waals surface area (Å²) in [6, 6.07) is 15.4. The maximum absolute atomic E-state index is 10.1. The number of aromatic nitrogens is 2. The molecule has 0 aliphatic heterocycles. The number of para-hydroxylation sites is 1. The Kier molecular flexibility index (Phi) is 5.48. The van der Waals surface area contributed by atoms with Gasteiger partial charge in [-0.3, -0.25) is 0 Å². The van der Waals surface area contributed by atoms with Gasteiger partial charge in [-0.2, -0.15) is 0 Å². The Labute approximate surface area is 147 Å². The number of aliphatic hydroxyl groups is 1. The molecule has 23 heavy (non-hydrogen) atoms. The van der Waals surface area contributed by atoms with E-state index >= 15 is 0 Å². The third kappa shape index (κ3) is 4.43. The van der Waals surface area contributed by atoms with Crippen molar-refractivity contribution in [3.63, 3.8) is 0 Å². The fraction of sp³-hybridized carbons (Fsp3) is 0.176. The molecular formula is C17H15BrN2O2S. The molecule has 6 heteroatoms. The maximum Gasteiger partial charge on any atom is 0.119 e. The Morgan fingerprint density at radius 1 is 1.09 bits per heavy atom. The molecule has 0 amide bonds. The summed E-state index contributed by atoms with van der Waals surface area (Å²) in [4.78, 5) is 8.54. The second-order valence-electron chi connectivity index (χ2n) is 4.93. The topological polar surface area (TPSA) is 55.2 Å². The number of hydrogen-bond acceptors (Lipinski definition) is 5. The van der Waals surface area contributed by atoms with Crippen LogP contribution < -0.4 is 4.74 Å². The molecular weight excluding hydrogens is 376 g/mol. The van der Waals surface area contributed by atoms with Crippen molar-refractivity contribution in [2.75, 3.05) is 12.4 Å². The van der Waals surface area contributed by atoms with Crippen LogP contribution in [0.4, 0.5) is 0 Å². The lowest BCUT2D eigenvalue weighted by molar-refractivity contribution is 0.126. The van der Waals surface area contributed by atoms with Gasteiger partial charge in [0.05, 0.1) is 11.6 Å². The highest BCUT2D eigenvalue weighted by Gasteiger charge is 2.09. The average Bonchev–Trinajstić information content (AvgIpc) is 2.59. The standard InChI is InChI=1S/C17H15BrN2O2S/c18-12-5-7-14(8-6-12)22-9-13(21)10-23-17-15-3-1-2-4-16(15)19-11-20-17/h1-8,11,13,21H,9-10H2/t13-/m1/s1. The number of thioether (sulfide) groups is 1. The van der Waals surface area contributed by atoms with Gasteiger partial charge in [0.2, 0.25) is 0 Å². The van der Waals surface area contributed by atoms with Crippen LogP contribution >= 0.6 is 27.7 Å². The first-order valence-corrected chi connectivity index (χ1v) is 8.89. The number of aliphatic hydroxyl groups excluding tert-OH is 1. The molecule has 4 nitrogen and oxygen atoms in total. The van der Waals surface area contributed by atoms with Crippen molar-refractivity contribution < 1.29 is 9.84 Å². The molecule has 1 N–H and O–H groups in total. The highest BCUT2D eigenvalue weighted by atomic mass is 79.9. The summed E-state index contributed by atoms with van der Waals surface area (Å²) in [6.45, 7) is 0.248. The lowest BCUT2D eigenvalue weighted by Gasteiger charge is -2.12. The summed E-state index contributed by atoms with van der Waals surface area (Å²) in [7, 11) is 0. The van der Waals surface area contributed by atoms with Gasteiger partial charge in [0, 0.05) is 15.6 Å². The number of benzene rings is 2. The van der Waals surface area contributed by atoms with Gasteiger partial charge in [0.1, 0.15) is 23.7 Å². The molecule has 0 aliphatic carbocycles. The van der Waals surface area contributed by atoms with Crippen molar-refractivity contribution in [1.82, 2.24) is 9.97 Å². The van der Waals surface area contributed by atoms with E-state index in [1.807, 2.05) is 48.5 Å². The lowest BCUT2D eigenvalue weighted by atomic mass is 10.2. The molecule has 3 aromatic rings. The Bertz CT molecular complexity index is 778. The fourth-order valence-electron chi connectivity index (χ4n) is 2.04. The van der Waals surface area contributed by atoms with E-state index < -0.39 is 6.10 Å². The molecule has 0 radical (unpaired) electrons. The molecule has 1 aromatic heterocycles. The van der Waals surface area contributed by atoms with Crippen molar-refractivity contribution in [2.45, 2.75) is 11.1 Å². The highest BCUT2D eigenvalue weighted by Crippen LogP contribution is 2.25. The summed E-state index contributed by atoms with van der Waals surface area (Å²) in [5.41, 5.74) is 0.908. The van der Waals surface area contributed by atoms with E-state index in [0.717, 1.165) is 26.2 Å². The molecule has 1 heterocycles. The molecule has 3 rings (SSSR count). The first-order valence-electron chi connectivity index (χ1n) is 7.11. The molecule has 0 bridgehead atoms. The Hall–Kier alpha value is -1.63. The molecule has 1 atom stereocenters. The van der Waals surface area contributed by atoms with Crippen LogP contribution in [0.25, 0.3) is 10.9 Å². The number of fused-ring (bicyclic) bond motifs is 1. The lowest BCUT2D eigenvalue weighted by Crippen LogP contribution is -2.20. The number of rotatable bonds is 6. The van der Waals surface area contributed by atoms with E-state index in [9.17, 15) is 5.11 Å². The van der Waals surface area contributed by atoms with Gasteiger partial charge >= 0.3 is 0 Å². The normalized spacial score (nSPS) is 12.3. The van der Waals surface area contributed by atoms with Gasteiger partial charge in [-0.1, -0.05) is 34.1 Å². The van der Waals surface area contributed by atoms with Crippen molar-refractivity contribution >= 4 is 38.6 Å². The van der Waals surface area contributed by atoms with E-state index in [0.29, 0.717) is 5.75 Å². The number of ether oxygens (including phenoxy) is 1. The predicted octanol–water partition coefficient (Wildman–Crippen LogP) is 3.92. The van der Waals surface area contributed by atoms with Crippen LogP contribution in [0.3, 0.4) is 0 Å². The predicted molar refractivity (Wildman–Crippen MR) is 95.9 cm³/mol. The van der Waals surface area contributed by atoms with Crippen molar-refractivity contribution in [3.8, 4) is 5.75 Å². The van der Waals surface area contributed by atoms with Crippen molar-refractivity contribution in [3.05, 3.63) is 59.3 Å². The number of hydrogen-bond donors (Lipinski definition) is 1. The summed E-state index contributed by atoms with van der Waals surface area (Å²) in [6.07, 6.45) is 0.979. The van der Waals surface area contributed by atoms with E-state index in [1.165, 1.54) is 11.8 Å². The minimum atomic E-state index is -0.572.